The number of nitrogens with zero attached hydrogens (tertiary/aromatic N) is 1. The van der Waals surface area contributed by atoms with Crippen molar-refractivity contribution >= 4 is 16.8 Å². The van der Waals surface area contributed by atoms with Crippen molar-refractivity contribution in [1.29, 1.82) is 0 Å². The standard InChI is InChI=1S/C27H29N3O2/c1-3-19-8-7-12-23-25(18-30-27(19)23)24(20-9-6-11-22(16-20)32-2)17-26(31)29-15-13-21-10-4-5-14-28-21/h4-12,14,16,18,24,30H,3,13,15,17H2,1-2H3,(H,29,31). The fourth-order valence-corrected chi connectivity index (χ4v) is 4.22. The molecule has 1 amide bonds. The van der Waals surface area contributed by atoms with Crippen molar-refractivity contribution in [2.45, 2.75) is 32.1 Å². The molecule has 32 heavy (non-hydrogen) atoms. The minimum absolute atomic E-state index is 0.0229. The van der Waals surface area contributed by atoms with Crippen LogP contribution in [0.1, 0.15) is 41.6 Å². The number of hydrogen-bond acceptors (Lipinski definition) is 3. The number of H-pyrrole nitrogens is 1. The minimum Gasteiger partial charge on any atom is -0.497 e. The van der Waals surface area contributed by atoms with Crippen LogP contribution in [0.5, 0.6) is 5.75 Å². The monoisotopic (exact) mass is 427 g/mol. The molecular formula is C27H29N3O2. The van der Waals surface area contributed by atoms with E-state index in [1.807, 2.05) is 36.4 Å². The molecular weight excluding hydrogens is 398 g/mol. The third-order valence-corrected chi connectivity index (χ3v) is 5.91. The summed E-state index contributed by atoms with van der Waals surface area (Å²) in [6.07, 6.45) is 5.85. The van der Waals surface area contributed by atoms with Gasteiger partial charge in [-0.3, -0.25) is 9.78 Å². The van der Waals surface area contributed by atoms with Crippen molar-refractivity contribution in [3.8, 4) is 5.75 Å². The molecule has 0 aliphatic rings. The van der Waals surface area contributed by atoms with Gasteiger partial charge in [0, 0.05) is 54.3 Å². The molecule has 1 unspecified atom stereocenters. The van der Waals surface area contributed by atoms with E-state index < -0.39 is 0 Å². The fraction of sp³-hybridized carbons (Fsp3) is 0.259. The van der Waals surface area contributed by atoms with Crippen LogP contribution in [0.2, 0.25) is 0 Å². The van der Waals surface area contributed by atoms with E-state index >= 15 is 0 Å². The lowest BCUT2D eigenvalue weighted by Crippen LogP contribution is -2.27. The Labute approximate surface area is 188 Å². The molecule has 4 aromatic rings. The number of para-hydroxylation sites is 1. The van der Waals surface area contributed by atoms with Gasteiger partial charge in [0.15, 0.2) is 0 Å². The van der Waals surface area contributed by atoms with E-state index in [-0.39, 0.29) is 11.8 Å². The third kappa shape index (κ3) is 4.83. The summed E-state index contributed by atoms with van der Waals surface area (Å²) in [4.78, 5) is 20.7. The Kier molecular flexibility index (Phi) is 6.85. The molecule has 2 N–H and O–H groups in total. The van der Waals surface area contributed by atoms with Crippen molar-refractivity contribution in [3.05, 3.63) is 95.4 Å². The Hall–Kier alpha value is -3.60. The van der Waals surface area contributed by atoms with Gasteiger partial charge in [0.25, 0.3) is 0 Å². The summed E-state index contributed by atoms with van der Waals surface area (Å²) >= 11 is 0. The second-order valence-electron chi connectivity index (χ2n) is 7.89. The van der Waals surface area contributed by atoms with Crippen LogP contribution in [0.25, 0.3) is 10.9 Å². The van der Waals surface area contributed by atoms with Gasteiger partial charge in [-0.05, 0) is 47.4 Å². The molecule has 2 aromatic heterocycles. The van der Waals surface area contributed by atoms with Gasteiger partial charge in [-0.25, -0.2) is 0 Å². The number of carbonyl (C=O) groups is 1. The number of aryl methyl sites for hydroxylation is 1. The molecule has 2 heterocycles. The Bertz CT molecular complexity index is 1180. The Balaban J connectivity index is 1.59. The summed E-state index contributed by atoms with van der Waals surface area (Å²) in [6, 6.07) is 20.2. The van der Waals surface area contributed by atoms with Crippen molar-refractivity contribution in [1.82, 2.24) is 15.3 Å². The van der Waals surface area contributed by atoms with Crippen LogP contribution in [0.4, 0.5) is 0 Å². The van der Waals surface area contributed by atoms with E-state index in [4.69, 9.17) is 4.74 Å². The lowest BCUT2D eigenvalue weighted by Gasteiger charge is -2.18. The number of pyridine rings is 1. The second kappa shape index (κ2) is 10.1. The SMILES string of the molecule is CCc1cccc2c(C(CC(=O)NCCc3ccccn3)c3cccc(OC)c3)c[nH]c12. The zero-order chi connectivity index (χ0) is 22.3. The highest BCUT2D eigenvalue weighted by Gasteiger charge is 2.22. The highest BCUT2D eigenvalue weighted by atomic mass is 16.5. The van der Waals surface area contributed by atoms with Gasteiger partial charge in [-0.2, -0.15) is 0 Å². The van der Waals surface area contributed by atoms with Gasteiger partial charge >= 0.3 is 0 Å². The first kappa shape index (κ1) is 21.6. The Morgan fingerprint density at radius 1 is 1.12 bits per heavy atom. The third-order valence-electron chi connectivity index (χ3n) is 5.91. The number of methoxy groups -OCH3 is 1. The molecule has 0 saturated heterocycles. The number of hydrogen-bond donors (Lipinski definition) is 2. The molecule has 5 heteroatoms. The molecule has 0 aliphatic carbocycles. The summed E-state index contributed by atoms with van der Waals surface area (Å²) in [7, 11) is 1.66. The van der Waals surface area contributed by atoms with Crippen LogP contribution >= 0.6 is 0 Å². The van der Waals surface area contributed by atoms with Crippen molar-refractivity contribution in [2.24, 2.45) is 0 Å². The Morgan fingerprint density at radius 2 is 2.00 bits per heavy atom. The average molecular weight is 428 g/mol. The normalized spacial score (nSPS) is 11.9. The van der Waals surface area contributed by atoms with Gasteiger partial charge in [0.1, 0.15) is 5.75 Å². The molecule has 164 valence electrons. The maximum Gasteiger partial charge on any atom is 0.220 e. The molecule has 0 saturated carbocycles. The largest absolute Gasteiger partial charge is 0.497 e. The molecule has 0 aliphatic heterocycles. The van der Waals surface area contributed by atoms with Gasteiger partial charge in [0.2, 0.25) is 5.91 Å². The molecule has 5 nitrogen and oxygen atoms in total. The van der Waals surface area contributed by atoms with E-state index in [0.29, 0.717) is 19.4 Å². The number of rotatable bonds is 9. The van der Waals surface area contributed by atoms with Gasteiger partial charge < -0.3 is 15.0 Å². The molecule has 0 radical (unpaired) electrons. The van der Waals surface area contributed by atoms with E-state index in [0.717, 1.165) is 34.5 Å². The summed E-state index contributed by atoms with van der Waals surface area (Å²) < 4.78 is 5.45. The van der Waals surface area contributed by atoms with Crippen molar-refractivity contribution < 1.29 is 9.53 Å². The maximum absolute atomic E-state index is 13.0. The van der Waals surface area contributed by atoms with Crippen molar-refractivity contribution in [3.63, 3.8) is 0 Å². The predicted octanol–water partition coefficient (Wildman–Crippen LogP) is 5.01. The number of ether oxygens (including phenoxy) is 1. The predicted molar refractivity (Wildman–Crippen MR) is 128 cm³/mol. The highest BCUT2D eigenvalue weighted by Crippen LogP contribution is 2.35. The zero-order valence-electron chi connectivity index (χ0n) is 18.6. The number of fused-ring (bicyclic) bond motifs is 1. The van der Waals surface area contributed by atoms with Gasteiger partial charge in [-0.1, -0.05) is 43.3 Å². The van der Waals surface area contributed by atoms with Crippen LogP contribution in [0.15, 0.2) is 73.1 Å². The van der Waals surface area contributed by atoms with Crippen LogP contribution in [0.3, 0.4) is 0 Å². The first-order chi connectivity index (χ1) is 15.7. The van der Waals surface area contributed by atoms with E-state index in [1.165, 1.54) is 10.9 Å². The first-order valence-electron chi connectivity index (χ1n) is 11.1. The summed E-state index contributed by atoms with van der Waals surface area (Å²) in [5.41, 5.74) is 5.59. The van der Waals surface area contributed by atoms with Crippen LogP contribution in [-0.4, -0.2) is 29.5 Å². The number of carbonyl (C=O) groups excluding carboxylic acids is 1. The Morgan fingerprint density at radius 3 is 2.78 bits per heavy atom. The van der Waals surface area contributed by atoms with E-state index in [2.05, 4.69) is 52.7 Å². The van der Waals surface area contributed by atoms with Crippen LogP contribution in [0, 0.1) is 0 Å². The highest BCUT2D eigenvalue weighted by molar-refractivity contribution is 5.88. The molecule has 0 fully saturated rings. The number of aromatic nitrogens is 2. The number of aromatic amines is 1. The molecule has 1 atom stereocenters. The molecule has 4 rings (SSSR count). The quantitative estimate of drug-likeness (QED) is 0.394. The van der Waals surface area contributed by atoms with Gasteiger partial charge in [0.05, 0.1) is 7.11 Å². The van der Waals surface area contributed by atoms with Crippen LogP contribution < -0.4 is 10.1 Å². The average Bonchev–Trinajstić information content (AvgIpc) is 3.27. The van der Waals surface area contributed by atoms with Gasteiger partial charge in [-0.15, -0.1) is 0 Å². The lowest BCUT2D eigenvalue weighted by atomic mass is 9.87. The second-order valence-corrected chi connectivity index (χ2v) is 7.89. The summed E-state index contributed by atoms with van der Waals surface area (Å²) in [5, 5.41) is 4.24. The minimum atomic E-state index is -0.0826. The molecule has 0 bridgehead atoms. The first-order valence-corrected chi connectivity index (χ1v) is 11.1. The van der Waals surface area contributed by atoms with E-state index in [1.54, 1.807) is 13.3 Å². The number of nitrogens with one attached hydrogen (secondary N) is 2. The number of benzene rings is 2. The molecule has 2 aromatic carbocycles. The molecule has 0 spiro atoms. The maximum atomic E-state index is 13.0. The number of amides is 1. The van der Waals surface area contributed by atoms with E-state index in [9.17, 15) is 4.79 Å². The topological polar surface area (TPSA) is 67.0 Å². The summed E-state index contributed by atoms with van der Waals surface area (Å²) in [6.45, 7) is 2.72. The summed E-state index contributed by atoms with van der Waals surface area (Å²) in [5.74, 6) is 0.729. The van der Waals surface area contributed by atoms with Crippen molar-refractivity contribution in [2.75, 3.05) is 13.7 Å². The lowest BCUT2D eigenvalue weighted by molar-refractivity contribution is -0.121. The zero-order valence-corrected chi connectivity index (χ0v) is 18.6. The van der Waals surface area contributed by atoms with Crippen LogP contribution in [-0.2, 0) is 17.6 Å². The smallest absolute Gasteiger partial charge is 0.220 e. The fourth-order valence-electron chi connectivity index (χ4n) is 4.22.